The van der Waals surface area contributed by atoms with E-state index < -0.39 is 53.7 Å². The van der Waals surface area contributed by atoms with Crippen molar-refractivity contribution in [2.24, 2.45) is 11.7 Å². The van der Waals surface area contributed by atoms with Gasteiger partial charge in [-0.3, -0.25) is 14.6 Å². The topological polar surface area (TPSA) is 104 Å². The van der Waals surface area contributed by atoms with Gasteiger partial charge < -0.3 is 20.5 Å². The molecule has 1 aliphatic rings. The van der Waals surface area contributed by atoms with Crippen LogP contribution in [0.25, 0.3) is 0 Å². The van der Waals surface area contributed by atoms with Crippen LogP contribution < -0.4 is 15.8 Å². The molecule has 0 saturated carbocycles. The molecule has 3 N–H and O–H groups in total. The Bertz CT molecular complexity index is 1050. The maximum Gasteiger partial charge on any atom is 0.387 e. The Balaban J connectivity index is 1.97. The molecule has 2 aromatic rings. The van der Waals surface area contributed by atoms with Crippen LogP contribution >= 0.6 is 0 Å². The summed E-state index contributed by atoms with van der Waals surface area (Å²) in [7, 11) is 0. The predicted octanol–water partition coefficient (Wildman–Crippen LogP) is 3.33. The van der Waals surface area contributed by atoms with Crippen LogP contribution in [-0.2, 0) is 9.53 Å². The largest absolute Gasteiger partial charge is 0.485 e. The van der Waals surface area contributed by atoms with Gasteiger partial charge in [-0.05, 0) is 18.2 Å². The van der Waals surface area contributed by atoms with Crippen LogP contribution in [0.5, 0.6) is 5.75 Å². The number of nitrogens with one attached hydrogen (secondary N) is 1. The molecule has 164 valence electrons. The molecule has 11 heteroatoms. The maximum absolute atomic E-state index is 14.2. The third-order valence-electron chi connectivity index (χ3n) is 4.84. The fraction of sp³-hybridized carbons (Fsp3) is 0.250. The monoisotopic (exact) mass is 439 g/mol. The number of halogens is 4. The standard InChI is InChI=1S/C20H17F4N3O4/c1-8-9(2)30-17(19(29)27-10-5-6-26-13(7-10)18(25)28)14(8)11-3-4-12(21)15(22)16(11)31-20(23)24/h3-8,14,17,20H,2H2,1H3,(H2,25,28)(H,26,27,29)/t8-,14+,17-/m1/s1. The number of carbonyl (C=O) groups is 2. The minimum Gasteiger partial charge on any atom is -0.485 e. The molecule has 1 fully saturated rings. The lowest BCUT2D eigenvalue weighted by molar-refractivity contribution is -0.124. The smallest absolute Gasteiger partial charge is 0.387 e. The van der Waals surface area contributed by atoms with Gasteiger partial charge >= 0.3 is 6.61 Å². The Hall–Kier alpha value is -3.63. The number of allylic oxidation sites excluding steroid dienone is 1. The molecular weight excluding hydrogens is 422 g/mol. The van der Waals surface area contributed by atoms with Crippen LogP contribution in [0.15, 0.2) is 42.8 Å². The minimum absolute atomic E-state index is 0.104. The van der Waals surface area contributed by atoms with Gasteiger partial charge in [0.15, 0.2) is 17.7 Å². The van der Waals surface area contributed by atoms with Crippen molar-refractivity contribution in [3.63, 3.8) is 0 Å². The molecule has 0 radical (unpaired) electrons. The number of rotatable bonds is 6. The molecule has 2 heterocycles. The molecule has 1 aromatic carbocycles. The normalized spacial score (nSPS) is 20.5. The third-order valence-corrected chi connectivity index (χ3v) is 4.84. The average molecular weight is 439 g/mol. The molecule has 31 heavy (non-hydrogen) atoms. The zero-order chi connectivity index (χ0) is 22.9. The van der Waals surface area contributed by atoms with Crippen LogP contribution in [0.3, 0.4) is 0 Å². The summed E-state index contributed by atoms with van der Waals surface area (Å²) in [6.07, 6.45) is -0.0913. The number of alkyl halides is 2. The SMILES string of the molecule is C=C1O[C@@H](C(=O)Nc2ccnc(C(N)=O)c2)[C@H](c2ccc(F)c(F)c2OC(F)F)[C@@H]1C. The highest BCUT2D eigenvalue weighted by Crippen LogP contribution is 2.46. The number of hydrogen-bond donors (Lipinski definition) is 2. The molecule has 2 amide bonds. The van der Waals surface area contributed by atoms with Gasteiger partial charge in [-0.2, -0.15) is 13.2 Å². The van der Waals surface area contributed by atoms with Crippen LogP contribution in [0.1, 0.15) is 28.9 Å². The van der Waals surface area contributed by atoms with E-state index in [0.717, 1.165) is 12.1 Å². The van der Waals surface area contributed by atoms with Crippen molar-refractivity contribution in [1.29, 1.82) is 0 Å². The molecule has 3 atom stereocenters. The van der Waals surface area contributed by atoms with Crippen LogP contribution in [0.2, 0.25) is 0 Å². The number of aromatic nitrogens is 1. The van der Waals surface area contributed by atoms with E-state index >= 15 is 0 Å². The molecule has 1 aliphatic heterocycles. The van der Waals surface area contributed by atoms with Gasteiger partial charge in [0.25, 0.3) is 11.8 Å². The first kappa shape index (κ1) is 22.1. The van der Waals surface area contributed by atoms with E-state index in [1.54, 1.807) is 6.92 Å². The predicted molar refractivity (Wildman–Crippen MR) is 100 cm³/mol. The molecule has 1 saturated heterocycles. The molecule has 0 unspecified atom stereocenters. The van der Waals surface area contributed by atoms with Crippen LogP contribution in [0, 0.1) is 17.6 Å². The van der Waals surface area contributed by atoms with Crippen molar-refractivity contribution >= 4 is 17.5 Å². The number of carbonyl (C=O) groups excluding carboxylic acids is 2. The van der Waals surface area contributed by atoms with Gasteiger partial charge in [0.2, 0.25) is 5.82 Å². The van der Waals surface area contributed by atoms with Gasteiger partial charge in [0.05, 0.1) is 5.76 Å². The quantitative estimate of drug-likeness (QED) is 0.672. The molecule has 7 nitrogen and oxygen atoms in total. The fourth-order valence-corrected chi connectivity index (χ4v) is 3.33. The summed E-state index contributed by atoms with van der Waals surface area (Å²) >= 11 is 0. The van der Waals surface area contributed by atoms with Gasteiger partial charge in [-0.1, -0.05) is 19.6 Å². The summed E-state index contributed by atoms with van der Waals surface area (Å²) in [6.45, 7) is 1.85. The number of primary amides is 1. The van der Waals surface area contributed by atoms with E-state index in [4.69, 9.17) is 10.5 Å². The second-order valence-electron chi connectivity index (χ2n) is 6.76. The molecule has 0 bridgehead atoms. The van der Waals surface area contributed by atoms with Gasteiger partial charge in [0, 0.05) is 29.3 Å². The summed E-state index contributed by atoms with van der Waals surface area (Å²) in [5.74, 6) is -7.07. The third kappa shape index (κ3) is 4.44. The summed E-state index contributed by atoms with van der Waals surface area (Å²) < 4.78 is 63.3. The van der Waals surface area contributed by atoms with Gasteiger partial charge in [-0.15, -0.1) is 0 Å². The highest BCUT2D eigenvalue weighted by atomic mass is 19.3. The number of nitrogens with two attached hydrogens (primary N) is 1. The number of hydrogen-bond acceptors (Lipinski definition) is 5. The first-order chi connectivity index (χ1) is 14.6. The second kappa shape index (κ2) is 8.62. The van der Waals surface area contributed by atoms with Crippen LogP contribution in [-0.4, -0.2) is 29.5 Å². The first-order valence-electron chi connectivity index (χ1n) is 8.95. The van der Waals surface area contributed by atoms with E-state index in [0.29, 0.717) is 0 Å². The summed E-state index contributed by atoms with van der Waals surface area (Å²) in [6, 6.07) is 4.41. The van der Waals surface area contributed by atoms with Crippen molar-refractivity contribution < 1.29 is 36.6 Å². The number of nitrogens with zero attached hydrogens (tertiary/aromatic N) is 1. The van der Waals surface area contributed by atoms with Gasteiger partial charge in [0.1, 0.15) is 5.69 Å². The Labute approximate surface area is 173 Å². The van der Waals surface area contributed by atoms with E-state index in [1.807, 2.05) is 0 Å². The van der Waals surface area contributed by atoms with E-state index in [9.17, 15) is 27.2 Å². The van der Waals surface area contributed by atoms with Crippen molar-refractivity contribution in [2.75, 3.05) is 5.32 Å². The Kier molecular flexibility index (Phi) is 6.14. The summed E-state index contributed by atoms with van der Waals surface area (Å²) in [5.41, 5.74) is 5.04. The minimum atomic E-state index is -3.42. The number of amides is 2. The zero-order valence-corrected chi connectivity index (χ0v) is 16.1. The van der Waals surface area contributed by atoms with E-state index in [1.165, 1.54) is 18.3 Å². The average Bonchev–Trinajstić information content (AvgIpc) is 3.00. The summed E-state index contributed by atoms with van der Waals surface area (Å²) in [5, 5.41) is 2.50. The Morgan fingerprint density at radius 3 is 2.65 bits per heavy atom. The van der Waals surface area contributed by atoms with Crippen molar-refractivity contribution in [2.45, 2.75) is 25.6 Å². The molecular formula is C20H17F4N3O4. The Morgan fingerprint density at radius 1 is 1.29 bits per heavy atom. The molecule has 3 rings (SSSR count). The van der Waals surface area contributed by atoms with Crippen molar-refractivity contribution in [3.8, 4) is 5.75 Å². The lowest BCUT2D eigenvalue weighted by atomic mass is 9.83. The van der Waals surface area contributed by atoms with Crippen molar-refractivity contribution in [3.05, 3.63) is 65.7 Å². The van der Waals surface area contributed by atoms with Gasteiger partial charge in [-0.25, -0.2) is 4.39 Å². The van der Waals surface area contributed by atoms with E-state index in [-0.39, 0.29) is 22.7 Å². The first-order valence-corrected chi connectivity index (χ1v) is 8.95. The fourth-order valence-electron chi connectivity index (χ4n) is 3.33. The molecule has 0 aliphatic carbocycles. The molecule has 0 spiro atoms. The highest BCUT2D eigenvalue weighted by Gasteiger charge is 2.45. The lowest BCUT2D eigenvalue weighted by Gasteiger charge is -2.23. The van der Waals surface area contributed by atoms with E-state index in [2.05, 4.69) is 21.6 Å². The second-order valence-corrected chi connectivity index (χ2v) is 6.76. The summed E-state index contributed by atoms with van der Waals surface area (Å²) in [4.78, 5) is 27.9. The van der Waals surface area contributed by atoms with Crippen LogP contribution in [0.4, 0.5) is 23.2 Å². The van der Waals surface area contributed by atoms with Crippen molar-refractivity contribution in [1.82, 2.24) is 4.98 Å². The zero-order valence-electron chi connectivity index (χ0n) is 16.1. The highest BCUT2D eigenvalue weighted by molar-refractivity contribution is 5.97. The number of anilines is 1. The molecule has 1 aromatic heterocycles. The lowest BCUT2D eigenvalue weighted by Crippen LogP contribution is -2.33. The maximum atomic E-state index is 14.2. The Morgan fingerprint density at radius 2 is 2.00 bits per heavy atom. The number of ether oxygens (including phenoxy) is 2. The number of pyridine rings is 1. The number of benzene rings is 1.